The predicted octanol–water partition coefficient (Wildman–Crippen LogP) is 3.28. The summed E-state index contributed by atoms with van der Waals surface area (Å²) in [5.41, 5.74) is -0.995. The Labute approximate surface area is 174 Å². The topological polar surface area (TPSA) is 93.7 Å². The van der Waals surface area contributed by atoms with Crippen molar-refractivity contribution in [2.45, 2.75) is 6.18 Å². The van der Waals surface area contributed by atoms with Crippen LogP contribution < -0.4 is 15.4 Å². The van der Waals surface area contributed by atoms with Gasteiger partial charge in [0.1, 0.15) is 12.3 Å². The summed E-state index contributed by atoms with van der Waals surface area (Å²) in [4.78, 5) is 35.4. The van der Waals surface area contributed by atoms with Gasteiger partial charge in [0.2, 0.25) is 0 Å². The van der Waals surface area contributed by atoms with Crippen molar-refractivity contribution >= 4 is 35.1 Å². The van der Waals surface area contributed by atoms with Gasteiger partial charge in [0.25, 0.3) is 11.8 Å². The van der Waals surface area contributed by atoms with E-state index in [1.165, 1.54) is 25.3 Å². The number of carbonyl (C=O) groups is 3. The van der Waals surface area contributed by atoms with E-state index in [9.17, 15) is 27.6 Å². The Morgan fingerprint density at radius 1 is 1.07 bits per heavy atom. The molecule has 0 atom stereocenters. The Bertz CT molecular complexity index is 933. The lowest BCUT2D eigenvalue weighted by Gasteiger charge is -2.12. The van der Waals surface area contributed by atoms with E-state index < -0.39 is 47.7 Å². The molecule has 7 nitrogen and oxygen atoms in total. The average molecular weight is 445 g/mol. The number of rotatable bonds is 7. The monoisotopic (exact) mass is 444 g/mol. The first-order valence-electron chi connectivity index (χ1n) is 8.34. The summed E-state index contributed by atoms with van der Waals surface area (Å²) in [5, 5.41) is 3.96. The molecule has 0 heterocycles. The fourth-order valence-electron chi connectivity index (χ4n) is 2.21. The number of benzene rings is 2. The van der Waals surface area contributed by atoms with Gasteiger partial charge >= 0.3 is 12.1 Å². The molecular formula is C19H16ClF3N2O5. The zero-order chi connectivity index (χ0) is 22.3. The highest BCUT2D eigenvalue weighted by molar-refractivity contribution is 6.31. The molecule has 0 aliphatic rings. The molecule has 2 N–H and O–H groups in total. The first-order valence-corrected chi connectivity index (χ1v) is 8.72. The number of alkyl halides is 3. The molecule has 2 rings (SSSR count). The van der Waals surface area contributed by atoms with Gasteiger partial charge in [0, 0.05) is 11.3 Å². The molecule has 2 amide bonds. The van der Waals surface area contributed by atoms with Crippen LogP contribution in [0.25, 0.3) is 0 Å². The van der Waals surface area contributed by atoms with Crippen LogP contribution >= 0.6 is 11.6 Å². The standard InChI is InChI=1S/C19H16ClF3N2O5/c1-29-13-5-2-11(3-6-13)18(28)24-9-17(27)30-10-16(26)25-12-4-7-15(20)14(8-12)19(21,22)23/h2-8H,9-10H2,1H3,(H,24,28)(H,25,26). The fourth-order valence-corrected chi connectivity index (χ4v) is 2.44. The van der Waals surface area contributed by atoms with Crippen molar-refractivity contribution in [2.24, 2.45) is 0 Å². The number of amides is 2. The van der Waals surface area contributed by atoms with Crippen molar-refractivity contribution in [3.8, 4) is 5.75 Å². The summed E-state index contributed by atoms with van der Waals surface area (Å²) < 4.78 is 48.1. The van der Waals surface area contributed by atoms with Gasteiger partial charge < -0.3 is 20.1 Å². The molecule has 160 valence electrons. The molecule has 0 spiro atoms. The smallest absolute Gasteiger partial charge is 0.417 e. The second-order valence-corrected chi connectivity index (χ2v) is 6.22. The Morgan fingerprint density at radius 3 is 2.33 bits per heavy atom. The average Bonchev–Trinajstić information content (AvgIpc) is 2.71. The summed E-state index contributed by atoms with van der Waals surface area (Å²) in [6, 6.07) is 8.95. The summed E-state index contributed by atoms with van der Waals surface area (Å²) >= 11 is 5.50. The highest BCUT2D eigenvalue weighted by Crippen LogP contribution is 2.36. The molecular weight excluding hydrogens is 429 g/mol. The van der Waals surface area contributed by atoms with E-state index in [0.29, 0.717) is 11.8 Å². The molecule has 0 saturated carbocycles. The van der Waals surface area contributed by atoms with Crippen LogP contribution in [0.5, 0.6) is 5.75 Å². The molecule has 0 saturated heterocycles. The number of carbonyl (C=O) groups excluding carboxylic acids is 3. The van der Waals surface area contributed by atoms with Crippen LogP contribution in [0.1, 0.15) is 15.9 Å². The van der Waals surface area contributed by atoms with Crippen molar-refractivity contribution in [3.05, 3.63) is 58.6 Å². The van der Waals surface area contributed by atoms with E-state index in [1.807, 2.05) is 0 Å². The molecule has 2 aromatic rings. The van der Waals surface area contributed by atoms with Gasteiger partial charge in [0.15, 0.2) is 6.61 Å². The third-order valence-corrected chi connectivity index (χ3v) is 3.99. The quantitative estimate of drug-likeness (QED) is 0.639. The Morgan fingerprint density at radius 2 is 1.73 bits per heavy atom. The van der Waals surface area contributed by atoms with Gasteiger partial charge in [-0.1, -0.05) is 11.6 Å². The summed E-state index contributed by atoms with van der Waals surface area (Å²) in [5.74, 6) is -1.75. The van der Waals surface area contributed by atoms with Crippen LogP contribution in [-0.2, 0) is 20.5 Å². The van der Waals surface area contributed by atoms with E-state index in [-0.39, 0.29) is 11.3 Å². The van der Waals surface area contributed by atoms with Crippen LogP contribution in [-0.4, -0.2) is 38.0 Å². The summed E-state index contributed by atoms with van der Waals surface area (Å²) in [6.07, 6.45) is -4.69. The van der Waals surface area contributed by atoms with Crippen LogP contribution in [0.2, 0.25) is 5.02 Å². The Balaban J connectivity index is 1.80. The zero-order valence-electron chi connectivity index (χ0n) is 15.5. The molecule has 0 aliphatic heterocycles. The highest BCUT2D eigenvalue weighted by Gasteiger charge is 2.33. The fraction of sp³-hybridized carbons (Fsp3) is 0.211. The maximum atomic E-state index is 12.8. The zero-order valence-corrected chi connectivity index (χ0v) is 16.3. The molecule has 2 aromatic carbocycles. The number of anilines is 1. The van der Waals surface area contributed by atoms with Crippen LogP contribution in [0.15, 0.2) is 42.5 Å². The van der Waals surface area contributed by atoms with Crippen molar-refractivity contribution in [3.63, 3.8) is 0 Å². The molecule has 11 heteroatoms. The van der Waals surface area contributed by atoms with Gasteiger partial charge in [-0.25, -0.2) is 0 Å². The molecule has 30 heavy (non-hydrogen) atoms. The Hall–Kier alpha value is -3.27. The van der Waals surface area contributed by atoms with Crippen LogP contribution in [0, 0.1) is 0 Å². The van der Waals surface area contributed by atoms with Gasteiger partial charge in [0.05, 0.1) is 17.7 Å². The summed E-state index contributed by atoms with van der Waals surface area (Å²) in [7, 11) is 1.48. The van der Waals surface area contributed by atoms with Crippen LogP contribution in [0.4, 0.5) is 18.9 Å². The molecule has 0 aromatic heterocycles. The predicted molar refractivity (Wildman–Crippen MR) is 101 cm³/mol. The maximum Gasteiger partial charge on any atom is 0.417 e. The lowest BCUT2D eigenvalue weighted by atomic mass is 10.2. The van der Waals surface area contributed by atoms with E-state index >= 15 is 0 Å². The lowest BCUT2D eigenvalue weighted by Crippen LogP contribution is -2.32. The number of methoxy groups -OCH3 is 1. The van der Waals surface area contributed by atoms with Crippen molar-refractivity contribution in [1.82, 2.24) is 5.32 Å². The lowest BCUT2D eigenvalue weighted by molar-refractivity contribution is -0.146. The number of hydrogen-bond acceptors (Lipinski definition) is 5. The van der Waals surface area contributed by atoms with Crippen molar-refractivity contribution < 1.29 is 37.0 Å². The third-order valence-electron chi connectivity index (χ3n) is 3.67. The van der Waals surface area contributed by atoms with E-state index in [4.69, 9.17) is 16.3 Å². The summed E-state index contributed by atoms with van der Waals surface area (Å²) in [6.45, 7) is -1.25. The van der Waals surface area contributed by atoms with Gasteiger partial charge in [-0.2, -0.15) is 13.2 Å². The first kappa shape index (κ1) is 23.0. The molecule has 0 radical (unpaired) electrons. The van der Waals surface area contributed by atoms with Crippen molar-refractivity contribution in [1.29, 1.82) is 0 Å². The number of hydrogen-bond donors (Lipinski definition) is 2. The van der Waals surface area contributed by atoms with Crippen molar-refractivity contribution in [2.75, 3.05) is 25.6 Å². The minimum absolute atomic E-state index is 0.166. The molecule has 0 fully saturated rings. The van der Waals surface area contributed by atoms with E-state index in [1.54, 1.807) is 12.1 Å². The van der Waals surface area contributed by atoms with Gasteiger partial charge in [-0.3, -0.25) is 14.4 Å². The number of esters is 1. The third kappa shape index (κ3) is 6.66. The second kappa shape index (κ2) is 9.97. The maximum absolute atomic E-state index is 12.8. The molecule has 0 unspecified atom stereocenters. The molecule has 0 aliphatic carbocycles. The normalized spacial score (nSPS) is 10.8. The number of ether oxygens (including phenoxy) is 2. The minimum Gasteiger partial charge on any atom is -0.497 e. The van der Waals surface area contributed by atoms with E-state index in [2.05, 4.69) is 15.4 Å². The molecule has 0 bridgehead atoms. The number of nitrogens with one attached hydrogen (secondary N) is 2. The minimum atomic E-state index is -4.69. The van der Waals surface area contributed by atoms with Gasteiger partial charge in [-0.05, 0) is 42.5 Å². The Kier molecular flexibility index (Phi) is 7.65. The SMILES string of the molecule is COc1ccc(C(=O)NCC(=O)OCC(=O)Nc2ccc(Cl)c(C(F)(F)F)c2)cc1. The second-order valence-electron chi connectivity index (χ2n) is 5.81. The number of halogens is 4. The highest BCUT2D eigenvalue weighted by atomic mass is 35.5. The van der Waals surface area contributed by atoms with Gasteiger partial charge in [-0.15, -0.1) is 0 Å². The van der Waals surface area contributed by atoms with Crippen LogP contribution in [0.3, 0.4) is 0 Å². The first-order chi connectivity index (χ1) is 14.1. The van der Waals surface area contributed by atoms with E-state index in [0.717, 1.165) is 6.07 Å². The largest absolute Gasteiger partial charge is 0.497 e.